The zero-order valence-electron chi connectivity index (χ0n) is 15.3. The number of carbonyl (C=O) groups excluding carboxylic acids is 1. The molecule has 0 spiro atoms. The lowest BCUT2D eigenvalue weighted by atomic mass is 9.63. The van der Waals surface area contributed by atoms with E-state index in [4.69, 9.17) is 0 Å². The number of sulfonamides is 1. The summed E-state index contributed by atoms with van der Waals surface area (Å²) in [5.74, 6) is 2.29. The van der Waals surface area contributed by atoms with Gasteiger partial charge in [0.2, 0.25) is 15.9 Å². The van der Waals surface area contributed by atoms with E-state index in [0.717, 1.165) is 11.8 Å². The number of hydrogen-bond donors (Lipinski definition) is 0. The highest BCUT2D eigenvalue weighted by Gasteiger charge is 2.42. The van der Waals surface area contributed by atoms with Gasteiger partial charge in [0.25, 0.3) is 0 Å². The van der Waals surface area contributed by atoms with Crippen molar-refractivity contribution in [2.45, 2.75) is 64.3 Å². The molecule has 1 saturated heterocycles. The zero-order chi connectivity index (χ0) is 17.5. The fraction of sp³-hybridized carbons (Fsp3) is 0.944. The molecule has 2 saturated carbocycles. The van der Waals surface area contributed by atoms with Gasteiger partial charge < -0.3 is 4.90 Å². The number of hydrogen-bond acceptors (Lipinski definition) is 3. The minimum absolute atomic E-state index is 0.233. The minimum Gasteiger partial charge on any atom is -0.335 e. The fourth-order valence-corrected chi connectivity index (χ4v) is 5.59. The predicted octanol–water partition coefficient (Wildman–Crippen LogP) is 2.48. The Morgan fingerprint density at radius 3 is 2.00 bits per heavy atom. The van der Waals surface area contributed by atoms with Crippen LogP contribution >= 0.6 is 0 Å². The Bertz CT molecular complexity index is 565. The molecule has 0 aromatic carbocycles. The number of nitrogens with zero attached hydrogens (tertiary/aromatic N) is 2. The van der Waals surface area contributed by atoms with Crippen molar-refractivity contribution < 1.29 is 13.2 Å². The van der Waals surface area contributed by atoms with Gasteiger partial charge in [0.15, 0.2) is 0 Å². The summed E-state index contributed by atoms with van der Waals surface area (Å²) in [6.07, 6.45) is 9.72. The molecule has 0 unspecified atom stereocenters. The molecule has 0 radical (unpaired) electrons. The standard InChI is InChI=1S/C18H32N2O3S/c1-18(2)13-19(24(3,22)23)10-11-20(18)17(21)12-16(14-6-4-7-14)15-8-5-9-15/h14-16H,4-13H2,1-3H3. The van der Waals surface area contributed by atoms with Crippen LogP contribution in [0.15, 0.2) is 0 Å². The van der Waals surface area contributed by atoms with E-state index in [1.165, 1.54) is 49.1 Å². The highest BCUT2D eigenvalue weighted by molar-refractivity contribution is 7.88. The Kier molecular flexibility index (Phi) is 5.00. The van der Waals surface area contributed by atoms with Crippen molar-refractivity contribution >= 4 is 15.9 Å². The Balaban J connectivity index is 1.65. The molecule has 6 heteroatoms. The maximum atomic E-state index is 13.0. The van der Waals surface area contributed by atoms with Crippen LogP contribution in [0, 0.1) is 17.8 Å². The van der Waals surface area contributed by atoms with Gasteiger partial charge in [-0.3, -0.25) is 4.79 Å². The molecule has 0 aromatic rings. The molecule has 138 valence electrons. The van der Waals surface area contributed by atoms with Crippen LogP contribution in [-0.4, -0.2) is 55.0 Å². The third-order valence-corrected chi connectivity index (χ3v) is 7.81. The topological polar surface area (TPSA) is 57.7 Å². The van der Waals surface area contributed by atoms with E-state index in [9.17, 15) is 13.2 Å². The fourth-order valence-electron chi connectivity index (χ4n) is 4.62. The first-order chi connectivity index (χ1) is 11.2. The zero-order valence-corrected chi connectivity index (χ0v) is 16.1. The van der Waals surface area contributed by atoms with Gasteiger partial charge in [-0.2, -0.15) is 4.31 Å². The van der Waals surface area contributed by atoms with Crippen molar-refractivity contribution in [3.8, 4) is 0 Å². The molecule has 0 bridgehead atoms. The molecule has 0 aromatic heterocycles. The molecular formula is C18H32N2O3S. The van der Waals surface area contributed by atoms with Crippen LogP contribution < -0.4 is 0 Å². The molecule has 2 aliphatic carbocycles. The summed E-state index contributed by atoms with van der Waals surface area (Å²) < 4.78 is 25.2. The van der Waals surface area contributed by atoms with Gasteiger partial charge in [0.05, 0.1) is 11.8 Å². The summed E-state index contributed by atoms with van der Waals surface area (Å²) in [6.45, 7) is 5.31. The maximum absolute atomic E-state index is 13.0. The molecule has 5 nitrogen and oxygen atoms in total. The van der Waals surface area contributed by atoms with E-state index in [1.807, 2.05) is 18.7 Å². The summed E-state index contributed by atoms with van der Waals surface area (Å²) in [5.41, 5.74) is -0.428. The van der Waals surface area contributed by atoms with Gasteiger partial charge in [-0.1, -0.05) is 38.5 Å². The second-order valence-electron chi connectivity index (χ2n) is 8.70. The van der Waals surface area contributed by atoms with Crippen molar-refractivity contribution in [2.24, 2.45) is 17.8 Å². The van der Waals surface area contributed by atoms with Crippen molar-refractivity contribution in [1.82, 2.24) is 9.21 Å². The summed E-state index contributed by atoms with van der Waals surface area (Å²) >= 11 is 0. The highest BCUT2D eigenvalue weighted by atomic mass is 32.2. The van der Waals surface area contributed by atoms with E-state index >= 15 is 0 Å². The smallest absolute Gasteiger partial charge is 0.223 e. The summed E-state index contributed by atoms with van der Waals surface area (Å²) in [6, 6.07) is 0. The normalized spacial score (nSPS) is 26.2. The van der Waals surface area contributed by atoms with E-state index in [0.29, 0.717) is 32.0 Å². The maximum Gasteiger partial charge on any atom is 0.223 e. The lowest BCUT2D eigenvalue weighted by Gasteiger charge is -2.48. The molecule has 0 N–H and O–H groups in total. The van der Waals surface area contributed by atoms with E-state index in [1.54, 1.807) is 0 Å². The van der Waals surface area contributed by atoms with Crippen molar-refractivity contribution in [3.05, 3.63) is 0 Å². The molecule has 0 atom stereocenters. The SMILES string of the molecule is CC1(C)CN(S(C)(=O)=O)CCN1C(=O)CC(C1CCC1)C1CCC1. The molecule has 1 amide bonds. The average molecular weight is 357 g/mol. The van der Waals surface area contributed by atoms with Crippen LogP contribution in [0.4, 0.5) is 0 Å². The largest absolute Gasteiger partial charge is 0.335 e. The van der Waals surface area contributed by atoms with E-state index in [-0.39, 0.29) is 5.91 Å². The molecular weight excluding hydrogens is 324 g/mol. The third kappa shape index (κ3) is 3.64. The monoisotopic (exact) mass is 356 g/mol. The Hall–Kier alpha value is -0.620. The lowest BCUT2D eigenvalue weighted by molar-refractivity contribution is -0.142. The van der Waals surface area contributed by atoms with Gasteiger partial charge in [0.1, 0.15) is 0 Å². The van der Waals surface area contributed by atoms with Crippen LogP contribution in [0.1, 0.15) is 58.8 Å². The molecule has 24 heavy (non-hydrogen) atoms. The van der Waals surface area contributed by atoms with Gasteiger partial charge >= 0.3 is 0 Å². The number of piperazine rings is 1. The molecule has 3 fully saturated rings. The van der Waals surface area contributed by atoms with Crippen LogP contribution in [-0.2, 0) is 14.8 Å². The minimum atomic E-state index is -3.19. The average Bonchev–Trinajstić information content (AvgIpc) is 2.31. The molecule has 1 heterocycles. The number of carbonyl (C=O) groups is 1. The first-order valence-corrected chi connectivity index (χ1v) is 11.3. The van der Waals surface area contributed by atoms with Crippen LogP contribution in [0.25, 0.3) is 0 Å². The quantitative estimate of drug-likeness (QED) is 0.760. The molecule has 1 aliphatic heterocycles. The number of amides is 1. The lowest BCUT2D eigenvalue weighted by Crippen LogP contribution is -2.62. The van der Waals surface area contributed by atoms with Crippen LogP contribution in [0.2, 0.25) is 0 Å². The Morgan fingerprint density at radius 1 is 1.08 bits per heavy atom. The van der Waals surface area contributed by atoms with Gasteiger partial charge in [0, 0.05) is 26.1 Å². The molecule has 3 rings (SSSR count). The van der Waals surface area contributed by atoms with Crippen LogP contribution in [0.5, 0.6) is 0 Å². The molecule has 3 aliphatic rings. The van der Waals surface area contributed by atoms with Gasteiger partial charge in [-0.25, -0.2) is 8.42 Å². The first kappa shape index (κ1) is 18.2. The summed E-state index contributed by atoms with van der Waals surface area (Å²) in [7, 11) is -3.19. The summed E-state index contributed by atoms with van der Waals surface area (Å²) in [5, 5.41) is 0. The third-order valence-electron chi connectivity index (χ3n) is 6.56. The van der Waals surface area contributed by atoms with Crippen LogP contribution in [0.3, 0.4) is 0 Å². The van der Waals surface area contributed by atoms with Gasteiger partial charge in [-0.05, 0) is 31.6 Å². The first-order valence-electron chi connectivity index (χ1n) is 9.44. The second kappa shape index (κ2) is 6.60. The summed E-state index contributed by atoms with van der Waals surface area (Å²) in [4.78, 5) is 15.0. The predicted molar refractivity (Wildman–Crippen MR) is 95.0 cm³/mol. The van der Waals surface area contributed by atoms with Gasteiger partial charge in [-0.15, -0.1) is 0 Å². The highest BCUT2D eigenvalue weighted by Crippen LogP contribution is 2.46. The second-order valence-corrected chi connectivity index (χ2v) is 10.7. The van der Waals surface area contributed by atoms with Crippen molar-refractivity contribution in [3.63, 3.8) is 0 Å². The Morgan fingerprint density at radius 2 is 1.62 bits per heavy atom. The van der Waals surface area contributed by atoms with Crippen molar-refractivity contribution in [1.29, 1.82) is 0 Å². The Labute approximate surface area is 146 Å². The van der Waals surface area contributed by atoms with E-state index < -0.39 is 15.6 Å². The van der Waals surface area contributed by atoms with E-state index in [2.05, 4.69) is 0 Å². The number of rotatable bonds is 5. The van der Waals surface area contributed by atoms with Crippen molar-refractivity contribution in [2.75, 3.05) is 25.9 Å².